The van der Waals surface area contributed by atoms with E-state index < -0.39 is 0 Å². The van der Waals surface area contributed by atoms with Crippen LogP contribution in [-0.4, -0.2) is 32.8 Å². The zero-order valence-electron chi connectivity index (χ0n) is 19.3. The number of fused-ring (bicyclic) bond motifs is 1. The van der Waals surface area contributed by atoms with Crippen molar-refractivity contribution in [3.63, 3.8) is 0 Å². The van der Waals surface area contributed by atoms with Crippen LogP contribution in [0.4, 0.5) is 17.6 Å². The highest BCUT2D eigenvalue weighted by atomic mass is 15.3. The molecule has 0 radical (unpaired) electrons. The monoisotopic (exact) mass is 410 g/mol. The lowest BCUT2D eigenvalue weighted by Gasteiger charge is -2.38. The molecular weight excluding hydrogens is 372 g/mol. The number of hydrogen-bond donors (Lipinski definition) is 2. The number of hydrogen-bond acceptors (Lipinski definition) is 5. The van der Waals surface area contributed by atoms with E-state index in [0.29, 0.717) is 17.4 Å². The van der Waals surface area contributed by atoms with Crippen molar-refractivity contribution in [2.24, 2.45) is 11.3 Å². The van der Waals surface area contributed by atoms with Crippen molar-refractivity contribution in [2.75, 3.05) is 16.8 Å². The Labute approximate surface area is 181 Å². The number of rotatable bonds is 6. The summed E-state index contributed by atoms with van der Waals surface area (Å²) in [7, 11) is 0. The number of H-pyrrole nitrogens is 1. The van der Waals surface area contributed by atoms with Crippen LogP contribution in [0.15, 0.2) is 12.3 Å². The molecule has 4 aliphatic rings. The molecule has 4 heterocycles. The Kier molecular flexibility index (Phi) is 6.03. The molecule has 2 N–H and O–H groups in total. The molecule has 6 heteroatoms. The first-order chi connectivity index (χ1) is 14.5. The molecule has 2 aromatic heterocycles. The van der Waals surface area contributed by atoms with Gasteiger partial charge in [-0.05, 0) is 50.4 Å². The van der Waals surface area contributed by atoms with Gasteiger partial charge in [0.1, 0.15) is 5.82 Å². The van der Waals surface area contributed by atoms with Gasteiger partial charge in [-0.2, -0.15) is 10.1 Å². The van der Waals surface area contributed by atoms with Crippen LogP contribution in [0.3, 0.4) is 0 Å². The maximum atomic E-state index is 4.89. The van der Waals surface area contributed by atoms with Crippen LogP contribution < -0.4 is 10.2 Å². The minimum atomic E-state index is 0.499. The summed E-state index contributed by atoms with van der Waals surface area (Å²) in [5.74, 6) is 3.99. The van der Waals surface area contributed by atoms with Crippen LogP contribution >= 0.6 is 0 Å². The first-order valence-corrected chi connectivity index (χ1v) is 11.9. The third-order valence-corrected chi connectivity index (χ3v) is 6.98. The van der Waals surface area contributed by atoms with Crippen molar-refractivity contribution in [1.82, 2.24) is 20.2 Å². The summed E-state index contributed by atoms with van der Waals surface area (Å²) in [6.45, 7) is 11.8. The Hall–Kier alpha value is -2.11. The second-order valence-corrected chi connectivity index (χ2v) is 9.80. The number of aryl methyl sites for hydroxylation is 1. The van der Waals surface area contributed by atoms with Gasteiger partial charge >= 0.3 is 0 Å². The lowest BCUT2D eigenvalue weighted by molar-refractivity contribution is 0.158. The summed E-state index contributed by atoms with van der Waals surface area (Å²) >= 11 is 0. The molecule has 6 nitrogen and oxygen atoms in total. The Bertz CT molecular complexity index is 845. The quantitative estimate of drug-likeness (QED) is 0.616. The fraction of sp³-hybridized carbons (Fsp3) is 0.708. The molecule has 0 aromatic carbocycles. The fourth-order valence-corrected chi connectivity index (χ4v) is 5.78. The van der Waals surface area contributed by atoms with E-state index in [9.17, 15) is 0 Å². The van der Waals surface area contributed by atoms with Gasteiger partial charge in [-0.1, -0.05) is 40.5 Å². The van der Waals surface area contributed by atoms with Gasteiger partial charge in [0.2, 0.25) is 5.95 Å². The maximum Gasteiger partial charge on any atom is 0.227 e. The van der Waals surface area contributed by atoms with E-state index in [-0.39, 0.29) is 0 Å². The predicted octanol–water partition coefficient (Wildman–Crippen LogP) is 5.95. The summed E-state index contributed by atoms with van der Waals surface area (Å²) in [5, 5.41) is 11.1. The van der Waals surface area contributed by atoms with Crippen molar-refractivity contribution in [3.8, 4) is 0 Å². The summed E-state index contributed by atoms with van der Waals surface area (Å²) in [4.78, 5) is 12.0. The van der Waals surface area contributed by atoms with Crippen molar-refractivity contribution >= 4 is 17.6 Å². The summed E-state index contributed by atoms with van der Waals surface area (Å²) in [5.41, 5.74) is 2.81. The van der Waals surface area contributed by atoms with Crippen molar-refractivity contribution in [3.05, 3.63) is 23.5 Å². The number of nitrogens with zero attached hydrogens (tertiary/aromatic N) is 4. The first kappa shape index (κ1) is 21.1. The van der Waals surface area contributed by atoms with Crippen LogP contribution in [0, 0.1) is 18.3 Å². The maximum absolute atomic E-state index is 4.89. The number of aromatic nitrogens is 4. The molecule has 164 valence electrons. The van der Waals surface area contributed by atoms with E-state index in [1.807, 2.05) is 20.0 Å². The van der Waals surface area contributed by atoms with Gasteiger partial charge in [-0.15, -0.1) is 0 Å². The van der Waals surface area contributed by atoms with E-state index in [0.717, 1.165) is 35.6 Å². The number of anilines is 3. The number of aromatic amines is 1. The van der Waals surface area contributed by atoms with Gasteiger partial charge in [0.05, 0.1) is 0 Å². The predicted molar refractivity (Wildman–Crippen MR) is 123 cm³/mol. The van der Waals surface area contributed by atoms with E-state index in [2.05, 4.69) is 52.2 Å². The molecule has 0 atom stereocenters. The molecule has 2 aromatic rings. The SMILES string of the molecule is CC.Cc1cnc(N2CC3(CC(C)C)CC2C3)nc1Nc1cc(C2CCCC2)[nH]n1. The van der Waals surface area contributed by atoms with Gasteiger partial charge in [0.15, 0.2) is 5.82 Å². The molecule has 6 rings (SSSR count). The topological polar surface area (TPSA) is 69.7 Å². The lowest BCUT2D eigenvalue weighted by atomic mass is 9.66. The zero-order valence-corrected chi connectivity index (χ0v) is 19.3. The van der Waals surface area contributed by atoms with Gasteiger partial charge < -0.3 is 10.2 Å². The largest absolute Gasteiger partial charge is 0.337 e. The van der Waals surface area contributed by atoms with Crippen LogP contribution in [0.1, 0.15) is 89.8 Å². The molecule has 0 unspecified atom stereocenters. The highest BCUT2D eigenvalue weighted by Crippen LogP contribution is 2.55. The van der Waals surface area contributed by atoms with Gasteiger partial charge in [-0.3, -0.25) is 5.10 Å². The standard InChI is InChI=1S/C22H32N6.C2H6/c1-14(2)9-22-10-17(11-22)28(13-22)21-23-12-15(3)20(25-21)24-19-8-18(26-27-19)16-6-4-5-7-16;1-2/h8,12,14,16-17H,4-7,9-11,13H2,1-3H3,(H2,23,24,25,26,27);1-2H3. The van der Waals surface area contributed by atoms with E-state index in [1.165, 1.54) is 50.6 Å². The Morgan fingerprint density at radius 1 is 1.23 bits per heavy atom. The number of nitrogens with one attached hydrogen (secondary N) is 2. The molecule has 0 spiro atoms. The molecule has 2 aliphatic carbocycles. The van der Waals surface area contributed by atoms with E-state index in [1.54, 1.807) is 0 Å². The van der Waals surface area contributed by atoms with Gasteiger partial charge in [0.25, 0.3) is 0 Å². The fourth-order valence-electron chi connectivity index (χ4n) is 5.78. The van der Waals surface area contributed by atoms with Crippen LogP contribution in [0.5, 0.6) is 0 Å². The van der Waals surface area contributed by atoms with Crippen LogP contribution in [0.2, 0.25) is 0 Å². The normalized spacial score (nSPS) is 25.3. The molecule has 2 aliphatic heterocycles. The molecule has 0 amide bonds. The van der Waals surface area contributed by atoms with Crippen LogP contribution in [-0.2, 0) is 0 Å². The van der Waals surface area contributed by atoms with Crippen molar-refractivity contribution < 1.29 is 0 Å². The summed E-state index contributed by atoms with van der Waals surface area (Å²) < 4.78 is 0. The minimum Gasteiger partial charge on any atom is -0.337 e. The second kappa shape index (κ2) is 8.56. The second-order valence-electron chi connectivity index (χ2n) is 9.80. The highest BCUT2D eigenvalue weighted by Gasteiger charge is 2.55. The Balaban J connectivity index is 0.00000106. The summed E-state index contributed by atoms with van der Waals surface area (Å²) in [6.07, 6.45) is 11.1. The van der Waals surface area contributed by atoms with Crippen LogP contribution in [0.25, 0.3) is 0 Å². The Morgan fingerprint density at radius 3 is 2.67 bits per heavy atom. The first-order valence-electron chi connectivity index (χ1n) is 11.9. The molecule has 2 saturated heterocycles. The summed E-state index contributed by atoms with van der Waals surface area (Å²) in [6, 6.07) is 2.77. The highest BCUT2D eigenvalue weighted by molar-refractivity contribution is 5.58. The third kappa shape index (κ3) is 4.06. The molecular formula is C24H38N6. The Morgan fingerprint density at radius 2 is 1.97 bits per heavy atom. The average molecular weight is 411 g/mol. The van der Waals surface area contributed by atoms with Gasteiger partial charge in [0, 0.05) is 42.0 Å². The van der Waals surface area contributed by atoms with E-state index in [4.69, 9.17) is 4.98 Å². The zero-order chi connectivity index (χ0) is 21.3. The molecule has 30 heavy (non-hydrogen) atoms. The van der Waals surface area contributed by atoms with E-state index >= 15 is 0 Å². The molecule has 2 saturated carbocycles. The smallest absolute Gasteiger partial charge is 0.227 e. The lowest BCUT2D eigenvalue weighted by Crippen LogP contribution is -2.35. The van der Waals surface area contributed by atoms with Crippen molar-refractivity contribution in [1.29, 1.82) is 0 Å². The average Bonchev–Trinajstić information content (AvgIpc) is 3.47. The van der Waals surface area contributed by atoms with Gasteiger partial charge in [-0.25, -0.2) is 4.98 Å². The molecule has 2 bridgehead atoms. The third-order valence-electron chi connectivity index (χ3n) is 6.98. The minimum absolute atomic E-state index is 0.499. The van der Waals surface area contributed by atoms with Crippen molar-refractivity contribution in [2.45, 2.75) is 91.5 Å². The molecule has 4 fully saturated rings.